The van der Waals surface area contributed by atoms with Gasteiger partial charge >= 0.3 is 0 Å². The second kappa shape index (κ2) is 5.62. The Morgan fingerprint density at radius 1 is 1.27 bits per heavy atom. The Morgan fingerprint density at radius 2 is 2.12 bits per heavy atom. The highest BCUT2D eigenvalue weighted by molar-refractivity contribution is 5.93. The second-order valence-corrected chi connectivity index (χ2v) is 7.97. The van der Waals surface area contributed by atoms with Gasteiger partial charge in [0.05, 0.1) is 17.7 Å². The van der Waals surface area contributed by atoms with Crippen molar-refractivity contribution in [3.8, 4) is 0 Å². The Kier molecular flexibility index (Phi) is 3.45. The largest absolute Gasteiger partial charge is 0.424 e. The summed E-state index contributed by atoms with van der Waals surface area (Å²) in [5.41, 5.74) is 0.979. The normalized spacial score (nSPS) is 27.9. The molecule has 0 spiro atoms. The van der Waals surface area contributed by atoms with Crippen LogP contribution in [0.3, 0.4) is 0 Å². The Morgan fingerprint density at radius 3 is 2.85 bits per heavy atom. The van der Waals surface area contributed by atoms with Crippen molar-refractivity contribution >= 4 is 5.91 Å². The zero-order chi connectivity index (χ0) is 17.9. The van der Waals surface area contributed by atoms with Gasteiger partial charge in [0, 0.05) is 19.0 Å². The summed E-state index contributed by atoms with van der Waals surface area (Å²) >= 11 is 0. The monoisotopic (exact) mass is 356 g/mol. The summed E-state index contributed by atoms with van der Waals surface area (Å²) in [6.07, 6.45) is 5.56. The summed E-state index contributed by atoms with van der Waals surface area (Å²) in [6.45, 7) is 5.85. The predicted molar refractivity (Wildman–Crippen MR) is 91.6 cm³/mol. The van der Waals surface area contributed by atoms with E-state index in [1.165, 1.54) is 0 Å². The third-order valence-electron chi connectivity index (χ3n) is 6.26. The molecule has 26 heavy (non-hydrogen) atoms. The fourth-order valence-electron chi connectivity index (χ4n) is 4.64. The number of rotatable bonds is 4. The van der Waals surface area contributed by atoms with Crippen molar-refractivity contribution in [3.63, 3.8) is 0 Å². The molecule has 3 fully saturated rings. The topological polar surface area (TPSA) is 89.9 Å². The molecule has 1 saturated heterocycles. The molecule has 1 aliphatic heterocycles. The molecule has 3 aliphatic rings. The van der Waals surface area contributed by atoms with Crippen LogP contribution in [0.1, 0.15) is 72.9 Å². The number of carbonyl (C=O) groups excluding carboxylic acids is 1. The Hall–Kier alpha value is -2.25. The van der Waals surface area contributed by atoms with Crippen LogP contribution in [0.2, 0.25) is 0 Å². The maximum Gasteiger partial charge on any atom is 0.276 e. The van der Waals surface area contributed by atoms with Crippen LogP contribution in [0.15, 0.2) is 4.42 Å². The maximum atomic E-state index is 13.1. The van der Waals surface area contributed by atoms with Crippen molar-refractivity contribution in [1.82, 2.24) is 30.1 Å². The Bertz CT molecular complexity index is 854. The SMILES string of the molecule is CCn1nc(C)c(C(=O)N2C[C@@H]3CCC[C@]3(c3nnc(C4CC4)o3)C2)n1. The van der Waals surface area contributed by atoms with Crippen LogP contribution < -0.4 is 0 Å². The summed E-state index contributed by atoms with van der Waals surface area (Å²) in [7, 11) is 0. The summed E-state index contributed by atoms with van der Waals surface area (Å²) in [5, 5.41) is 17.4. The number of likely N-dealkylation sites (tertiary alicyclic amines) is 1. The minimum absolute atomic E-state index is 0.0297. The average Bonchev–Trinajstić information content (AvgIpc) is 3.01. The van der Waals surface area contributed by atoms with Crippen molar-refractivity contribution < 1.29 is 9.21 Å². The summed E-state index contributed by atoms with van der Waals surface area (Å²) < 4.78 is 6.08. The molecule has 138 valence electrons. The number of hydrogen-bond acceptors (Lipinski definition) is 6. The lowest BCUT2D eigenvalue weighted by atomic mass is 9.80. The van der Waals surface area contributed by atoms with Gasteiger partial charge in [0.25, 0.3) is 5.91 Å². The van der Waals surface area contributed by atoms with E-state index in [2.05, 4.69) is 20.4 Å². The van der Waals surface area contributed by atoms with Gasteiger partial charge in [-0.15, -0.1) is 15.3 Å². The van der Waals surface area contributed by atoms with Crippen LogP contribution in [-0.2, 0) is 12.0 Å². The van der Waals surface area contributed by atoms with Crippen LogP contribution in [0.25, 0.3) is 0 Å². The van der Waals surface area contributed by atoms with Crippen LogP contribution in [0, 0.1) is 12.8 Å². The lowest BCUT2D eigenvalue weighted by Gasteiger charge is -2.24. The second-order valence-electron chi connectivity index (χ2n) is 7.97. The first-order valence-electron chi connectivity index (χ1n) is 9.65. The fraction of sp³-hybridized carbons (Fsp3) is 0.722. The van der Waals surface area contributed by atoms with Gasteiger partial charge in [-0.1, -0.05) is 6.42 Å². The molecule has 0 radical (unpaired) electrons. The van der Waals surface area contributed by atoms with Gasteiger partial charge in [0.2, 0.25) is 11.8 Å². The first-order valence-corrected chi connectivity index (χ1v) is 9.65. The molecule has 0 unspecified atom stereocenters. The molecule has 0 N–H and O–H groups in total. The molecule has 2 aromatic heterocycles. The molecular formula is C18H24N6O2. The van der Waals surface area contributed by atoms with Crippen molar-refractivity contribution in [3.05, 3.63) is 23.2 Å². The van der Waals surface area contributed by atoms with Crippen LogP contribution in [0.4, 0.5) is 0 Å². The molecule has 5 rings (SSSR count). The number of hydrogen-bond donors (Lipinski definition) is 0. The molecule has 0 aromatic carbocycles. The number of nitrogens with zero attached hydrogens (tertiary/aromatic N) is 6. The smallest absolute Gasteiger partial charge is 0.276 e. The van der Waals surface area contributed by atoms with Crippen LogP contribution >= 0.6 is 0 Å². The summed E-state index contributed by atoms with van der Waals surface area (Å²) in [4.78, 5) is 16.6. The van der Waals surface area contributed by atoms with Gasteiger partial charge in [-0.3, -0.25) is 4.79 Å². The first-order chi connectivity index (χ1) is 12.6. The number of aromatic nitrogens is 5. The van der Waals surface area contributed by atoms with Crippen molar-refractivity contribution in [2.45, 2.75) is 63.8 Å². The third-order valence-corrected chi connectivity index (χ3v) is 6.26. The van der Waals surface area contributed by atoms with Gasteiger partial charge in [-0.2, -0.15) is 9.90 Å². The highest BCUT2D eigenvalue weighted by Gasteiger charge is 2.55. The highest BCUT2D eigenvalue weighted by Crippen LogP contribution is 2.51. The predicted octanol–water partition coefficient (Wildman–Crippen LogP) is 2.06. The van der Waals surface area contributed by atoms with Crippen LogP contribution in [-0.4, -0.2) is 49.1 Å². The molecule has 2 atom stereocenters. The zero-order valence-electron chi connectivity index (χ0n) is 15.3. The van der Waals surface area contributed by atoms with E-state index in [1.807, 2.05) is 18.7 Å². The lowest BCUT2D eigenvalue weighted by molar-refractivity contribution is 0.0768. The third kappa shape index (κ3) is 2.30. The zero-order valence-corrected chi connectivity index (χ0v) is 15.3. The van der Waals surface area contributed by atoms with Crippen LogP contribution in [0.5, 0.6) is 0 Å². The number of carbonyl (C=O) groups is 1. The van der Waals surface area contributed by atoms with E-state index in [9.17, 15) is 4.79 Å². The standard InChI is InChI=1S/C18H24N6O2/c1-3-24-21-11(2)14(22-24)16(25)23-9-13-5-4-8-18(13,10-23)17-20-19-15(26-17)12-6-7-12/h12-13H,3-10H2,1-2H3/t13-,18-/m0/s1. The maximum absolute atomic E-state index is 13.1. The van der Waals surface area contributed by atoms with Gasteiger partial charge in [0.15, 0.2) is 5.69 Å². The average molecular weight is 356 g/mol. The minimum Gasteiger partial charge on any atom is -0.424 e. The summed E-state index contributed by atoms with van der Waals surface area (Å²) in [6, 6.07) is 0. The molecule has 2 aliphatic carbocycles. The molecule has 8 nitrogen and oxygen atoms in total. The molecule has 8 heteroatoms. The Labute approximate surface area is 151 Å². The van der Waals surface area contributed by atoms with Gasteiger partial charge in [-0.25, -0.2) is 0 Å². The molecule has 3 heterocycles. The van der Waals surface area contributed by atoms with E-state index in [0.29, 0.717) is 36.3 Å². The number of aryl methyl sites for hydroxylation is 2. The van der Waals surface area contributed by atoms with E-state index < -0.39 is 0 Å². The van der Waals surface area contributed by atoms with Crippen molar-refractivity contribution in [2.75, 3.05) is 13.1 Å². The number of fused-ring (bicyclic) bond motifs is 1. The molecule has 2 aromatic rings. The van der Waals surface area contributed by atoms with Gasteiger partial charge < -0.3 is 9.32 Å². The van der Waals surface area contributed by atoms with Crippen molar-refractivity contribution in [1.29, 1.82) is 0 Å². The van der Waals surface area contributed by atoms with E-state index in [0.717, 1.165) is 50.4 Å². The van der Waals surface area contributed by atoms with E-state index in [1.54, 1.807) is 4.80 Å². The molecule has 1 amide bonds. The minimum atomic E-state index is -0.176. The first kappa shape index (κ1) is 16.0. The lowest BCUT2D eigenvalue weighted by Crippen LogP contribution is -2.35. The molecule has 2 saturated carbocycles. The fourth-order valence-corrected chi connectivity index (χ4v) is 4.64. The van der Waals surface area contributed by atoms with E-state index >= 15 is 0 Å². The van der Waals surface area contributed by atoms with Gasteiger partial charge in [0.1, 0.15) is 0 Å². The Balaban J connectivity index is 1.43. The molecular weight excluding hydrogens is 332 g/mol. The van der Waals surface area contributed by atoms with Crippen molar-refractivity contribution in [2.24, 2.45) is 5.92 Å². The quantitative estimate of drug-likeness (QED) is 0.833. The number of amides is 1. The van der Waals surface area contributed by atoms with E-state index in [-0.39, 0.29) is 11.3 Å². The molecule has 0 bridgehead atoms. The summed E-state index contributed by atoms with van der Waals surface area (Å²) in [5.74, 6) is 2.34. The van der Waals surface area contributed by atoms with E-state index in [4.69, 9.17) is 4.42 Å². The van der Waals surface area contributed by atoms with Gasteiger partial charge in [-0.05, 0) is 45.4 Å². The highest BCUT2D eigenvalue weighted by atomic mass is 16.4.